The van der Waals surface area contributed by atoms with E-state index in [0.717, 1.165) is 22.4 Å². The van der Waals surface area contributed by atoms with Crippen molar-refractivity contribution in [1.29, 1.82) is 0 Å². The molecule has 0 heterocycles. The number of nitrogens with one attached hydrogen (secondary N) is 2. The largest absolute Gasteiger partial charge is 0.507 e. The van der Waals surface area contributed by atoms with Crippen LogP contribution in [0.25, 0.3) is 0 Å². The molecule has 146 valence electrons. The number of hydrogen-bond acceptors (Lipinski definition) is 2. The van der Waals surface area contributed by atoms with E-state index in [-0.39, 0.29) is 16.9 Å². The van der Waals surface area contributed by atoms with Gasteiger partial charge in [-0.2, -0.15) is 0 Å². The first kappa shape index (κ1) is 20.8. The fourth-order valence-electron chi connectivity index (χ4n) is 3.00. The summed E-state index contributed by atoms with van der Waals surface area (Å²) in [5.74, 6) is 0.383. The van der Waals surface area contributed by atoms with Crippen molar-refractivity contribution in [2.24, 2.45) is 0 Å². The smallest absolute Gasteiger partial charge is 0.319 e. The van der Waals surface area contributed by atoms with Crippen LogP contribution in [0.3, 0.4) is 0 Å². The molecule has 0 fully saturated rings. The van der Waals surface area contributed by atoms with Crippen molar-refractivity contribution in [3.63, 3.8) is 0 Å². The Morgan fingerprint density at radius 1 is 0.926 bits per heavy atom. The Labute approximate surface area is 163 Å². The lowest BCUT2D eigenvalue weighted by molar-refractivity contribution is 0.252. The highest BCUT2D eigenvalue weighted by molar-refractivity contribution is 5.89. The van der Waals surface area contributed by atoms with Crippen molar-refractivity contribution in [2.45, 2.75) is 58.8 Å². The Balaban J connectivity index is 2.10. The molecular weight excluding hydrogens is 336 g/mol. The molecule has 0 saturated carbocycles. The summed E-state index contributed by atoms with van der Waals surface area (Å²) in [6.45, 7) is 13.1. The number of rotatable bonds is 4. The van der Waals surface area contributed by atoms with Gasteiger partial charge < -0.3 is 15.7 Å². The molecule has 0 unspecified atom stereocenters. The van der Waals surface area contributed by atoms with E-state index in [0.29, 0.717) is 18.7 Å². The fourth-order valence-corrected chi connectivity index (χ4v) is 3.00. The molecule has 0 radical (unpaired) electrons. The van der Waals surface area contributed by atoms with Gasteiger partial charge in [0.15, 0.2) is 0 Å². The molecule has 0 aliphatic rings. The molecule has 4 nitrogen and oxygen atoms in total. The number of urea groups is 1. The van der Waals surface area contributed by atoms with Gasteiger partial charge in [-0.1, -0.05) is 71.9 Å². The molecule has 2 aromatic carbocycles. The van der Waals surface area contributed by atoms with Crippen LogP contribution in [-0.2, 0) is 17.3 Å². The van der Waals surface area contributed by atoms with Crippen molar-refractivity contribution in [3.05, 3.63) is 59.2 Å². The molecule has 0 bridgehead atoms. The minimum Gasteiger partial charge on any atom is -0.507 e. The maximum absolute atomic E-state index is 12.0. The minimum atomic E-state index is -0.216. The Bertz CT molecular complexity index is 749. The molecule has 4 heteroatoms. The maximum Gasteiger partial charge on any atom is 0.319 e. The van der Waals surface area contributed by atoms with Crippen LogP contribution in [0.15, 0.2) is 42.5 Å². The second kappa shape index (κ2) is 8.03. The van der Waals surface area contributed by atoms with Gasteiger partial charge in [-0.25, -0.2) is 4.79 Å². The van der Waals surface area contributed by atoms with E-state index in [9.17, 15) is 9.90 Å². The number of hydrogen-bond donors (Lipinski definition) is 3. The topological polar surface area (TPSA) is 61.4 Å². The number of anilines is 1. The van der Waals surface area contributed by atoms with Gasteiger partial charge in [0, 0.05) is 12.2 Å². The van der Waals surface area contributed by atoms with Gasteiger partial charge in [-0.05, 0) is 46.1 Å². The van der Waals surface area contributed by atoms with Gasteiger partial charge in [0.25, 0.3) is 0 Å². The minimum absolute atomic E-state index is 0.155. The number of phenols is 1. The Kier molecular flexibility index (Phi) is 6.19. The zero-order valence-corrected chi connectivity index (χ0v) is 17.3. The lowest BCUT2D eigenvalue weighted by Crippen LogP contribution is -2.30. The third-order valence-corrected chi connectivity index (χ3v) is 4.52. The van der Waals surface area contributed by atoms with Gasteiger partial charge >= 0.3 is 6.03 Å². The molecule has 27 heavy (non-hydrogen) atoms. The van der Waals surface area contributed by atoms with Crippen LogP contribution in [-0.4, -0.2) is 17.7 Å². The summed E-state index contributed by atoms with van der Waals surface area (Å²) in [7, 11) is 0. The molecular formula is C23H32N2O2. The van der Waals surface area contributed by atoms with Gasteiger partial charge in [-0.15, -0.1) is 0 Å². The molecule has 0 atom stereocenters. The van der Waals surface area contributed by atoms with Crippen molar-refractivity contribution < 1.29 is 9.90 Å². The number of carbonyl (C=O) groups is 1. The Morgan fingerprint density at radius 2 is 1.44 bits per heavy atom. The van der Waals surface area contributed by atoms with E-state index in [2.05, 4.69) is 64.3 Å². The molecule has 0 aliphatic heterocycles. The molecule has 0 saturated heterocycles. The average Bonchev–Trinajstić information content (AvgIpc) is 2.55. The highest BCUT2D eigenvalue weighted by Crippen LogP contribution is 2.39. The van der Waals surface area contributed by atoms with E-state index >= 15 is 0 Å². The third kappa shape index (κ3) is 5.75. The lowest BCUT2D eigenvalue weighted by atomic mass is 9.78. The number of carbonyl (C=O) groups excluding carboxylic acids is 1. The fraction of sp³-hybridized carbons (Fsp3) is 0.435. The summed E-state index contributed by atoms with van der Waals surface area (Å²) >= 11 is 0. The van der Waals surface area contributed by atoms with Crippen LogP contribution in [0.5, 0.6) is 5.75 Å². The maximum atomic E-state index is 12.0. The Hall–Kier alpha value is -2.49. The molecule has 2 amide bonds. The number of para-hydroxylation sites is 1. The summed E-state index contributed by atoms with van der Waals surface area (Å²) < 4.78 is 0. The van der Waals surface area contributed by atoms with Crippen LogP contribution >= 0.6 is 0 Å². The second-order valence-electron chi connectivity index (χ2n) is 9.04. The number of benzene rings is 2. The highest BCUT2D eigenvalue weighted by Gasteiger charge is 2.26. The first-order valence-electron chi connectivity index (χ1n) is 9.45. The zero-order valence-electron chi connectivity index (χ0n) is 17.3. The first-order chi connectivity index (χ1) is 12.5. The van der Waals surface area contributed by atoms with E-state index in [1.54, 1.807) is 0 Å². The monoisotopic (exact) mass is 368 g/mol. The van der Waals surface area contributed by atoms with E-state index < -0.39 is 0 Å². The normalized spacial score (nSPS) is 11.9. The molecule has 0 spiro atoms. The molecule has 0 aliphatic carbocycles. The van der Waals surface area contributed by atoms with Crippen LogP contribution in [0, 0.1) is 0 Å². The van der Waals surface area contributed by atoms with E-state index in [1.165, 1.54) is 0 Å². The summed E-state index contributed by atoms with van der Waals surface area (Å²) in [6, 6.07) is 13.3. The van der Waals surface area contributed by atoms with Crippen molar-refractivity contribution in [2.75, 3.05) is 11.9 Å². The van der Waals surface area contributed by atoms with E-state index in [4.69, 9.17) is 0 Å². The van der Waals surface area contributed by atoms with Gasteiger partial charge in [0.1, 0.15) is 5.75 Å². The van der Waals surface area contributed by atoms with Gasteiger partial charge in [-0.3, -0.25) is 0 Å². The van der Waals surface area contributed by atoms with Crippen LogP contribution < -0.4 is 10.6 Å². The predicted molar refractivity (Wildman–Crippen MR) is 113 cm³/mol. The second-order valence-corrected chi connectivity index (χ2v) is 9.04. The summed E-state index contributed by atoms with van der Waals surface area (Å²) in [4.78, 5) is 12.0. The third-order valence-electron chi connectivity index (χ3n) is 4.52. The van der Waals surface area contributed by atoms with Crippen molar-refractivity contribution in [1.82, 2.24) is 5.32 Å². The molecule has 2 aromatic rings. The molecule has 0 aromatic heterocycles. The van der Waals surface area contributed by atoms with Crippen LogP contribution in [0.2, 0.25) is 0 Å². The first-order valence-corrected chi connectivity index (χ1v) is 9.45. The summed E-state index contributed by atoms with van der Waals surface area (Å²) in [5, 5.41) is 16.5. The van der Waals surface area contributed by atoms with E-state index in [1.807, 2.05) is 30.3 Å². The summed E-state index contributed by atoms with van der Waals surface area (Å²) in [5.41, 5.74) is 3.46. The molecule has 2 rings (SSSR count). The van der Waals surface area contributed by atoms with Crippen molar-refractivity contribution >= 4 is 11.7 Å². The number of aromatic hydroxyl groups is 1. The van der Waals surface area contributed by atoms with Crippen LogP contribution in [0.1, 0.15) is 58.2 Å². The van der Waals surface area contributed by atoms with Gasteiger partial charge in [0.05, 0.1) is 0 Å². The highest BCUT2D eigenvalue weighted by atomic mass is 16.3. The van der Waals surface area contributed by atoms with Gasteiger partial charge in [0.2, 0.25) is 0 Å². The lowest BCUT2D eigenvalue weighted by Gasteiger charge is -2.28. The van der Waals surface area contributed by atoms with Crippen molar-refractivity contribution in [3.8, 4) is 5.75 Å². The van der Waals surface area contributed by atoms with Crippen LogP contribution in [0.4, 0.5) is 10.5 Å². The zero-order chi connectivity index (χ0) is 20.2. The average molecular weight is 369 g/mol. The Morgan fingerprint density at radius 3 is 1.93 bits per heavy atom. The summed E-state index contributed by atoms with van der Waals surface area (Å²) in [6.07, 6.45) is 0.703. The number of phenolic OH excluding ortho intramolecular Hbond substituents is 1. The molecule has 3 N–H and O–H groups in total. The predicted octanol–water partition coefficient (Wildman–Crippen LogP) is 5.35. The SMILES string of the molecule is CC(C)(C)c1cc(CCNC(=O)Nc2ccccc2)cc(C(C)(C)C)c1O. The number of amides is 2. The standard InChI is InChI=1S/C23H32N2O2/c1-22(2,3)18-14-16(15-19(20(18)26)23(4,5)6)12-13-24-21(27)25-17-10-8-7-9-11-17/h7-11,14-15,26H,12-13H2,1-6H3,(H2,24,25,27). The quantitative estimate of drug-likeness (QED) is 0.681.